The van der Waals surface area contributed by atoms with Crippen molar-refractivity contribution in [1.29, 1.82) is 0 Å². The van der Waals surface area contributed by atoms with Gasteiger partial charge < -0.3 is 20.0 Å². The van der Waals surface area contributed by atoms with Crippen LogP contribution < -0.4 is 0 Å². The van der Waals surface area contributed by atoms with Crippen molar-refractivity contribution >= 4 is 12.0 Å². The maximum absolute atomic E-state index is 11.9. The van der Waals surface area contributed by atoms with Crippen LogP contribution in [0.3, 0.4) is 0 Å². The van der Waals surface area contributed by atoms with Crippen molar-refractivity contribution < 1.29 is 19.8 Å². The standard InChI is InChI=1S/C11H22N2O4/c1-8(14)6-7-12(4)10(17)13(5)11(2,3)9(15)16/h8,14H,6-7H2,1-5H3,(H,15,16). The molecular weight excluding hydrogens is 224 g/mol. The van der Waals surface area contributed by atoms with Gasteiger partial charge in [0.15, 0.2) is 0 Å². The van der Waals surface area contributed by atoms with E-state index in [1.54, 1.807) is 14.0 Å². The van der Waals surface area contributed by atoms with Gasteiger partial charge in [0, 0.05) is 20.6 Å². The zero-order valence-electron chi connectivity index (χ0n) is 11.1. The Morgan fingerprint density at radius 3 is 2.12 bits per heavy atom. The first kappa shape index (κ1) is 15.7. The molecule has 0 heterocycles. The van der Waals surface area contributed by atoms with Crippen LogP contribution in [-0.2, 0) is 4.79 Å². The number of hydrogen-bond donors (Lipinski definition) is 2. The maximum atomic E-state index is 11.9. The lowest BCUT2D eigenvalue weighted by atomic mass is 10.0. The number of carbonyl (C=O) groups excluding carboxylic acids is 1. The number of carboxylic acids is 1. The van der Waals surface area contributed by atoms with Crippen molar-refractivity contribution in [3.63, 3.8) is 0 Å². The number of carbonyl (C=O) groups is 2. The van der Waals surface area contributed by atoms with Crippen molar-refractivity contribution in [1.82, 2.24) is 9.80 Å². The third-order valence-electron chi connectivity index (χ3n) is 2.86. The van der Waals surface area contributed by atoms with E-state index in [0.717, 1.165) is 0 Å². The fourth-order valence-electron chi connectivity index (χ4n) is 1.11. The first-order chi connectivity index (χ1) is 7.60. The molecule has 0 radical (unpaired) electrons. The summed E-state index contributed by atoms with van der Waals surface area (Å²) in [4.78, 5) is 25.5. The number of rotatable bonds is 5. The van der Waals surface area contributed by atoms with Gasteiger partial charge in [-0.05, 0) is 27.2 Å². The number of nitrogens with zero attached hydrogens (tertiary/aromatic N) is 2. The van der Waals surface area contributed by atoms with E-state index >= 15 is 0 Å². The van der Waals surface area contributed by atoms with Crippen LogP contribution in [0, 0.1) is 0 Å². The average molecular weight is 246 g/mol. The molecule has 0 aromatic heterocycles. The van der Waals surface area contributed by atoms with Gasteiger partial charge >= 0.3 is 12.0 Å². The number of amides is 2. The lowest BCUT2D eigenvalue weighted by molar-refractivity contribution is -0.147. The van der Waals surface area contributed by atoms with E-state index in [2.05, 4.69) is 0 Å². The largest absolute Gasteiger partial charge is 0.480 e. The first-order valence-electron chi connectivity index (χ1n) is 5.51. The van der Waals surface area contributed by atoms with Gasteiger partial charge in [-0.25, -0.2) is 9.59 Å². The zero-order valence-corrected chi connectivity index (χ0v) is 11.1. The summed E-state index contributed by atoms with van der Waals surface area (Å²) in [6.07, 6.45) is -0.0214. The predicted molar refractivity (Wildman–Crippen MR) is 63.8 cm³/mol. The Bertz CT molecular complexity index is 289. The highest BCUT2D eigenvalue weighted by atomic mass is 16.4. The third-order valence-corrected chi connectivity index (χ3v) is 2.86. The van der Waals surface area contributed by atoms with Gasteiger partial charge in [0.2, 0.25) is 0 Å². The normalized spacial score (nSPS) is 13.1. The van der Waals surface area contributed by atoms with Crippen molar-refractivity contribution in [2.45, 2.75) is 38.8 Å². The van der Waals surface area contributed by atoms with E-state index in [1.807, 2.05) is 0 Å². The lowest BCUT2D eigenvalue weighted by Gasteiger charge is -2.34. The first-order valence-corrected chi connectivity index (χ1v) is 5.51. The monoisotopic (exact) mass is 246 g/mol. The number of urea groups is 1. The molecule has 2 N–H and O–H groups in total. The molecule has 0 saturated heterocycles. The maximum Gasteiger partial charge on any atom is 0.329 e. The molecule has 0 bridgehead atoms. The molecule has 1 unspecified atom stereocenters. The molecule has 0 rings (SSSR count). The van der Waals surface area contributed by atoms with Crippen molar-refractivity contribution in [2.75, 3.05) is 20.6 Å². The summed E-state index contributed by atoms with van der Waals surface area (Å²) in [5.41, 5.74) is -1.25. The van der Waals surface area contributed by atoms with Crippen molar-refractivity contribution in [3.05, 3.63) is 0 Å². The number of aliphatic carboxylic acids is 1. The van der Waals surface area contributed by atoms with Gasteiger partial charge in [-0.3, -0.25) is 0 Å². The van der Waals surface area contributed by atoms with Crippen molar-refractivity contribution in [3.8, 4) is 0 Å². The molecule has 0 aromatic carbocycles. The van der Waals surface area contributed by atoms with Crippen LogP contribution in [0.2, 0.25) is 0 Å². The number of aliphatic hydroxyl groups excluding tert-OH is 1. The second-order valence-corrected chi connectivity index (χ2v) is 4.77. The molecule has 0 saturated carbocycles. The highest BCUT2D eigenvalue weighted by molar-refractivity contribution is 5.85. The second kappa shape index (κ2) is 5.86. The molecule has 2 amide bonds. The summed E-state index contributed by atoms with van der Waals surface area (Å²) in [5, 5.41) is 18.1. The quantitative estimate of drug-likeness (QED) is 0.744. The van der Waals surface area contributed by atoms with E-state index in [0.29, 0.717) is 13.0 Å². The molecule has 100 valence electrons. The fourth-order valence-corrected chi connectivity index (χ4v) is 1.11. The number of aliphatic hydroxyl groups is 1. The van der Waals surface area contributed by atoms with Crippen LogP contribution in [0.15, 0.2) is 0 Å². The Balaban J connectivity index is 4.54. The summed E-state index contributed by atoms with van der Waals surface area (Å²) in [6, 6.07) is -0.377. The summed E-state index contributed by atoms with van der Waals surface area (Å²) in [5.74, 6) is -1.06. The van der Waals surface area contributed by atoms with E-state index in [1.165, 1.54) is 30.7 Å². The molecular formula is C11H22N2O4. The minimum absolute atomic E-state index is 0.377. The molecule has 0 aliphatic rings. The minimum atomic E-state index is -1.25. The van der Waals surface area contributed by atoms with Gasteiger partial charge in [-0.1, -0.05) is 0 Å². The second-order valence-electron chi connectivity index (χ2n) is 4.77. The van der Waals surface area contributed by atoms with Crippen LogP contribution in [0.25, 0.3) is 0 Å². The van der Waals surface area contributed by atoms with Crippen LogP contribution in [0.4, 0.5) is 4.79 Å². The fraction of sp³-hybridized carbons (Fsp3) is 0.818. The molecule has 6 heteroatoms. The zero-order chi connectivity index (χ0) is 13.8. The van der Waals surface area contributed by atoms with E-state index in [4.69, 9.17) is 10.2 Å². The van der Waals surface area contributed by atoms with Gasteiger partial charge in [0.25, 0.3) is 0 Å². The Morgan fingerprint density at radius 1 is 1.29 bits per heavy atom. The Hall–Kier alpha value is -1.30. The van der Waals surface area contributed by atoms with Gasteiger partial charge in [0.1, 0.15) is 5.54 Å². The molecule has 6 nitrogen and oxygen atoms in total. The Morgan fingerprint density at radius 2 is 1.76 bits per heavy atom. The summed E-state index contributed by atoms with van der Waals surface area (Å²) >= 11 is 0. The summed E-state index contributed by atoms with van der Waals surface area (Å²) in [7, 11) is 3.04. The Labute approximate surface area is 102 Å². The van der Waals surface area contributed by atoms with Crippen molar-refractivity contribution in [2.24, 2.45) is 0 Å². The number of likely N-dealkylation sites (N-methyl/N-ethyl adjacent to an activating group) is 1. The smallest absolute Gasteiger partial charge is 0.329 e. The SMILES string of the molecule is CC(O)CCN(C)C(=O)N(C)C(C)(C)C(=O)O. The van der Waals surface area contributed by atoms with Crippen LogP contribution >= 0.6 is 0 Å². The van der Waals surface area contributed by atoms with Gasteiger partial charge in [0.05, 0.1) is 6.10 Å². The van der Waals surface area contributed by atoms with Crippen LogP contribution in [-0.4, -0.2) is 64.3 Å². The molecule has 0 fully saturated rings. The Kier molecular flexibility index (Phi) is 5.41. The summed E-state index contributed by atoms with van der Waals surface area (Å²) < 4.78 is 0. The number of carboxylic acid groups (broad SMARTS) is 1. The molecule has 0 spiro atoms. The van der Waals surface area contributed by atoms with Gasteiger partial charge in [-0.2, -0.15) is 0 Å². The van der Waals surface area contributed by atoms with Crippen LogP contribution in [0.1, 0.15) is 27.2 Å². The lowest BCUT2D eigenvalue weighted by Crippen LogP contribution is -2.54. The highest BCUT2D eigenvalue weighted by Crippen LogP contribution is 2.14. The van der Waals surface area contributed by atoms with E-state index < -0.39 is 17.6 Å². The third kappa shape index (κ3) is 4.22. The highest BCUT2D eigenvalue weighted by Gasteiger charge is 2.36. The minimum Gasteiger partial charge on any atom is -0.480 e. The molecule has 0 aliphatic heterocycles. The van der Waals surface area contributed by atoms with E-state index in [-0.39, 0.29) is 6.03 Å². The molecule has 1 atom stereocenters. The average Bonchev–Trinajstić information content (AvgIpc) is 2.23. The summed E-state index contributed by atoms with van der Waals surface area (Å²) in [6.45, 7) is 4.96. The topological polar surface area (TPSA) is 81.1 Å². The van der Waals surface area contributed by atoms with Crippen LogP contribution in [0.5, 0.6) is 0 Å². The number of hydrogen-bond acceptors (Lipinski definition) is 3. The molecule has 17 heavy (non-hydrogen) atoms. The molecule has 0 aromatic rings. The van der Waals surface area contributed by atoms with E-state index in [9.17, 15) is 9.59 Å². The van der Waals surface area contributed by atoms with Gasteiger partial charge in [-0.15, -0.1) is 0 Å². The molecule has 0 aliphatic carbocycles. The predicted octanol–water partition coefficient (Wildman–Crippen LogP) is 0.604.